The minimum Gasteiger partial charge on any atom is -0.378 e. The Kier molecular flexibility index (Phi) is 5.20. The zero-order valence-electron chi connectivity index (χ0n) is 16.5. The van der Waals surface area contributed by atoms with Crippen molar-refractivity contribution in [3.63, 3.8) is 0 Å². The van der Waals surface area contributed by atoms with Crippen molar-refractivity contribution in [3.8, 4) is 11.3 Å². The maximum atomic E-state index is 13.0. The van der Waals surface area contributed by atoms with E-state index in [2.05, 4.69) is 10.3 Å². The zero-order valence-corrected chi connectivity index (χ0v) is 16.5. The molecular formula is C24H22N4O. The number of hydrogen-bond donors (Lipinski definition) is 1. The van der Waals surface area contributed by atoms with Gasteiger partial charge in [0.15, 0.2) is 0 Å². The quantitative estimate of drug-likeness (QED) is 0.559. The number of rotatable bonds is 5. The van der Waals surface area contributed by atoms with Crippen molar-refractivity contribution >= 4 is 22.5 Å². The van der Waals surface area contributed by atoms with Gasteiger partial charge < -0.3 is 10.2 Å². The van der Waals surface area contributed by atoms with E-state index in [1.54, 1.807) is 12.4 Å². The molecule has 0 atom stereocenters. The highest BCUT2D eigenvalue weighted by atomic mass is 16.1. The third kappa shape index (κ3) is 4.09. The third-order valence-corrected chi connectivity index (χ3v) is 4.84. The molecule has 5 nitrogen and oxygen atoms in total. The Bertz CT molecular complexity index is 1140. The summed E-state index contributed by atoms with van der Waals surface area (Å²) in [6, 6.07) is 21.5. The number of hydrogen-bond acceptors (Lipinski definition) is 4. The predicted octanol–water partition coefficient (Wildman–Crippen LogP) is 4.29. The van der Waals surface area contributed by atoms with Gasteiger partial charge >= 0.3 is 0 Å². The predicted molar refractivity (Wildman–Crippen MR) is 117 cm³/mol. The topological polar surface area (TPSA) is 58.1 Å². The Morgan fingerprint density at radius 2 is 1.69 bits per heavy atom. The van der Waals surface area contributed by atoms with E-state index in [4.69, 9.17) is 4.98 Å². The van der Waals surface area contributed by atoms with Crippen LogP contribution in [0.25, 0.3) is 22.2 Å². The molecule has 2 heterocycles. The van der Waals surface area contributed by atoms with Crippen molar-refractivity contribution < 1.29 is 4.79 Å². The molecule has 0 radical (unpaired) electrons. The average Bonchev–Trinajstić information content (AvgIpc) is 2.77. The Morgan fingerprint density at radius 1 is 0.966 bits per heavy atom. The Morgan fingerprint density at radius 3 is 2.41 bits per heavy atom. The van der Waals surface area contributed by atoms with Crippen LogP contribution in [-0.2, 0) is 6.54 Å². The number of amides is 1. The highest BCUT2D eigenvalue weighted by molar-refractivity contribution is 6.07. The number of fused-ring (bicyclic) bond motifs is 1. The van der Waals surface area contributed by atoms with Crippen LogP contribution in [0.3, 0.4) is 0 Å². The summed E-state index contributed by atoms with van der Waals surface area (Å²) in [4.78, 5) is 23.9. The summed E-state index contributed by atoms with van der Waals surface area (Å²) in [5.74, 6) is -0.115. The van der Waals surface area contributed by atoms with Crippen LogP contribution >= 0.6 is 0 Å². The van der Waals surface area contributed by atoms with Crippen molar-refractivity contribution in [3.05, 3.63) is 90.3 Å². The van der Waals surface area contributed by atoms with E-state index in [0.29, 0.717) is 12.1 Å². The molecule has 2 aromatic carbocycles. The minimum absolute atomic E-state index is 0.115. The number of carbonyl (C=O) groups is 1. The Hall–Kier alpha value is -3.73. The minimum atomic E-state index is -0.115. The maximum absolute atomic E-state index is 13.0. The number of anilines is 1. The zero-order chi connectivity index (χ0) is 20.2. The summed E-state index contributed by atoms with van der Waals surface area (Å²) in [5.41, 5.74) is 5.28. The van der Waals surface area contributed by atoms with E-state index in [-0.39, 0.29) is 5.91 Å². The second kappa shape index (κ2) is 8.10. The maximum Gasteiger partial charge on any atom is 0.252 e. The molecule has 4 rings (SSSR count). The van der Waals surface area contributed by atoms with Crippen LogP contribution in [0.4, 0.5) is 5.69 Å². The van der Waals surface area contributed by atoms with Crippen LogP contribution in [0.2, 0.25) is 0 Å². The molecule has 29 heavy (non-hydrogen) atoms. The number of carbonyl (C=O) groups excluding carboxylic acids is 1. The fraction of sp³-hybridized carbons (Fsp3) is 0.125. The average molecular weight is 382 g/mol. The molecule has 0 spiro atoms. The van der Waals surface area contributed by atoms with Gasteiger partial charge in [0, 0.05) is 49.7 Å². The monoisotopic (exact) mass is 382 g/mol. The van der Waals surface area contributed by atoms with E-state index in [1.165, 1.54) is 0 Å². The second-order valence-corrected chi connectivity index (χ2v) is 7.05. The number of pyridine rings is 2. The molecule has 0 saturated carbocycles. The van der Waals surface area contributed by atoms with Gasteiger partial charge in [0.2, 0.25) is 0 Å². The van der Waals surface area contributed by atoms with Gasteiger partial charge in [-0.2, -0.15) is 0 Å². The van der Waals surface area contributed by atoms with E-state index in [1.807, 2.05) is 85.7 Å². The van der Waals surface area contributed by atoms with E-state index in [0.717, 1.165) is 33.4 Å². The van der Waals surface area contributed by atoms with Crippen LogP contribution in [0.15, 0.2) is 79.1 Å². The van der Waals surface area contributed by atoms with Crippen LogP contribution in [0, 0.1) is 0 Å². The van der Waals surface area contributed by atoms with Crippen LogP contribution < -0.4 is 10.2 Å². The molecule has 5 heteroatoms. The van der Waals surface area contributed by atoms with Gasteiger partial charge in [-0.3, -0.25) is 9.78 Å². The summed E-state index contributed by atoms with van der Waals surface area (Å²) in [5, 5.41) is 3.88. The van der Waals surface area contributed by atoms with Gasteiger partial charge in [-0.05, 0) is 42.0 Å². The van der Waals surface area contributed by atoms with Crippen LogP contribution in [0.5, 0.6) is 0 Å². The number of benzene rings is 2. The van der Waals surface area contributed by atoms with Crippen molar-refractivity contribution in [1.82, 2.24) is 15.3 Å². The standard InChI is InChI=1S/C24H22N4O/c1-28(2)19-9-7-17(8-10-19)16-26-24(29)21-15-23(18-11-13-25-14-12-18)27-22-6-4-3-5-20(21)22/h3-15H,16H2,1-2H3,(H,26,29). The first kappa shape index (κ1) is 18.6. The Balaban J connectivity index is 1.62. The molecule has 0 aliphatic rings. The van der Waals surface area contributed by atoms with Gasteiger partial charge in [0.05, 0.1) is 16.8 Å². The summed E-state index contributed by atoms with van der Waals surface area (Å²) >= 11 is 0. The first-order valence-corrected chi connectivity index (χ1v) is 9.46. The summed E-state index contributed by atoms with van der Waals surface area (Å²) in [6.07, 6.45) is 3.45. The number of nitrogens with one attached hydrogen (secondary N) is 1. The molecular weight excluding hydrogens is 360 g/mol. The second-order valence-electron chi connectivity index (χ2n) is 7.05. The number of nitrogens with zero attached hydrogens (tertiary/aromatic N) is 3. The summed E-state index contributed by atoms with van der Waals surface area (Å²) in [7, 11) is 4.01. The van der Waals surface area contributed by atoms with Gasteiger partial charge in [-0.1, -0.05) is 30.3 Å². The summed E-state index contributed by atoms with van der Waals surface area (Å²) in [6.45, 7) is 0.466. The number of para-hydroxylation sites is 1. The van der Waals surface area contributed by atoms with Gasteiger partial charge in [-0.25, -0.2) is 4.98 Å². The summed E-state index contributed by atoms with van der Waals surface area (Å²) < 4.78 is 0. The smallest absolute Gasteiger partial charge is 0.252 e. The van der Waals surface area contributed by atoms with E-state index < -0.39 is 0 Å². The molecule has 0 bridgehead atoms. The molecule has 0 aliphatic carbocycles. The van der Waals surface area contributed by atoms with Crippen LogP contribution in [-0.4, -0.2) is 30.0 Å². The van der Waals surface area contributed by atoms with Gasteiger partial charge in [0.1, 0.15) is 0 Å². The van der Waals surface area contributed by atoms with Crippen molar-refractivity contribution in [1.29, 1.82) is 0 Å². The van der Waals surface area contributed by atoms with Crippen LogP contribution in [0.1, 0.15) is 15.9 Å². The molecule has 0 fully saturated rings. The lowest BCUT2D eigenvalue weighted by Crippen LogP contribution is -2.23. The lowest BCUT2D eigenvalue weighted by atomic mass is 10.0. The lowest BCUT2D eigenvalue weighted by molar-refractivity contribution is 0.0952. The molecule has 0 aliphatic heterocycles. The number of aromatic nitrogens is 2. The van der Waals surface area contributed by atoms with Gasteiger partial charge in [0.25, 0.3) is 5.91 Å². The molecule has 144 valence electrons. The molecule has 0 saturated heterocycles. The first-order chi connectivity index (χ1) is 14.1. The van der Waals surface area contributed by atoms with Crippen molar-refractivity contribution in [2.75, 3.05) is 19.0 Å². The largest absolute Gasteiger partial charge is 0.378 e. The van der Waals surface area contributed by atoms with Crippen molar-refractivity contribution in [2.45, 2.75) is 6.54 Å². The highest BCUT2D eigenvalue weighted by Crippen LogP contribution is 2.24. The van der Waals surface area contributed by atoms with Gasteiger partial charge in [-0.15, -0.1) is 0 Å². The molecule has 0 unspecified atom stereocenters. The lowest BCUT2D eigenvalue weighted by Gasteiger charge is -2.13. The van der Waals surface area contributed by atoms with Crippen molar-refractivity contribution in [2.24, 2.45) is 0 Å². The Labute approximate surface area is 170 Å². The molecule has 1 N–H and O–H groups in total. The molecule has 2 aromatic heterocycles. The first-order valence-electron chi connectivity index (χ1n) is 9.46. The fourth-order valence-corrected chi connectivity index (χ4v) is 3.22. The van der Waals surface area contributed by atoms with E-state index >= 15 is 0 Å². The normalized spacial score (nSPS) is 10.7. The fourth-order valence-electron chi connectivity index (χ4n) is 3.22. The third-order valence-electron chi connectivity index (χ3n) is 4.84. The van der Waals surface area contributed by atoms with E-state index in [9.17, 15) is 4.79 Å². The molecule has 1 amide bonds. The SMILES string of the molecule is CN(C)c1ccc(CNC(=O)c2cc(-c3ccncc3)nc3ccccc23)cc1. The highest BCUT2D eigenvalue weighted by Gasteiger charge is 2.14. The molecule has 4 aromatic rings.